The molecule has 0 spiro atoms. The van der Waals surface area contributed by atoms with Crippen LogP contribution in [-0.4, -0.2) is 18.7 Å². The third-order valence-electron chi connectivity index (χ3n) is 3.43. The molecule has 1 rings (SSSR count). The first kappa shape index (κ1) is 17.2. The van der Waals surface area contributed by atoms with E-state index in [-0.39, 0.29) is 5.75 Å². The van der Waals surface area contributed by atoms with Crippen molar-refractivity contribution in [2.24, 2.45) is 0 Å². The first-order chi connectivity index (χ1) is 9.51. The lowest BCUT2D eigenvalue weighted by Crippen LogP contribution is -2.03. The number of hydrogen-bond donors (Lipinski definition) is 1. The molecule has 20 heavy (non-hydrogen) atoms. The molecular formula is C16H26O3S. The average Bonchev–Trinajstić information content (AvgIpc) is 2.38. The van der Waals surface area contributed by atoms with Gasteiger partial charge >= 0.3 is 0 Å². The van der Waals surface area contributed by atoms with Crippen LogP contribution in [0.1, 0.15) is 56.6 Å². The van der Waals surface area contributed by atoms with E-state index in [0.29, 0.717) is 6.42 Å². The van der Waals surface area contributed by atoms with Crippen molar-refractivity contribution in [1.82, 2.24) is 0 Å². The second-order valence-electron chi connectivity index (χ2n) is 5.37. The summed E-state index contributed by atoms with van der Waals surface area (Å²) in [4.78, 5) is 0. The number of benzene rings is 1. The molecule has 0 saturated heterocycles. The van der Waals surface area contributed by atoms with Crippen molar-refractivity contribution in [2.75, 3.05) is 5.75 Å². The second kappa shape index (κ2) is 9.14. The Morgan fingerprint density at radius 1 is 0.950 bits per heavy atom. The fourth-order valence-electron chi connectivity index (χ4n) is 2.31. The van der Waals surface area contributed by atoms with Crippen molar-refractivity contribution in [2.45, 2.75) is 58.3 Å². The Labute approximate surface area is 123 Å². The molecule has 0 unspecified atom stereocenters. The van der Waals surface area contributed by atoms with Crippen LogP contribution in [0.5, 0.6) is 0 Å². The molecule has 0 aliphatic carbocycles. The molecule has 3 nitrogen and oxygen atoms in total. The number of unbranched alkanes of at least 4 members (excludes halogenated alkanes) is 4. The van der Waals surface area contributed by atoms with Gasteiger partial charge in [-0.25, -0.2) is 0 Å². The molecule has 1 aromatic rings. The van der Waals surface area contributed by atoms with Gasteiger partial charge in [0.25, 0.3) is 10.1 Å². The average molecular weight is 298 g/mol. The quantitative estimate of drug-likeness (QED) is 0.524. The standard InChI is InChI=1S/C16H26O3S/c1-2-3-5-9-15-11-8-12-16(14-15)10-6-4-7-13-20(17,18)19/h8,11-12,14H,2-7,9-10,13H2,1H3,(H,17,18,19). The first-order valence-electron chi connectivity index (χ1n) is 7.54. The summed E-state index contributed by atoms with van der Waals surface area (Å²) in [5.74, 6) is -0.121. The van der Waals surface area contributed by atoms with Crippen LogP contribution in [-0.2, 0) is 23.0 Å². The SMILES string of the molecule is CCCCCc1cccc(CCCCCS(=O)(=O)O)c1. The van der Waals surface area contributed by atoms with Crippen molar-refractivity contribution < 1.29 is 13.0 Å². The van der Waals surface area contributed by atoms with E-state index in [1.165, 1.54) is 30.4 Å². The summed E-state index contributed by atoms with van der Waals surface area (Å²) in [5.41, 5.74) is 2.72. The van der Waals surface area contributed by atoms with Crippen LogP contribution < -0.4 is 0 Å². The molecule has 0 radical (unpaired) electrons. The molecule has 114 valence electrons. The summed E-state index contributed by atoms with van der Waals surface area (Å²) in [6.07, 6.45) is 8.22. The molecule has 0 aliphatic heterocycles. The maximum Gasteiger partial charge on any atom is 0.264 e. The zero-order chi connectivity index (χ0) is 14.8. The molecule has 0 bridgehead atoms. The van der Waals surface area contributed by atoms with Gasteiger partial charge in [-0.1, -0.05) is 50.5 Å². The van der Waals surface area contributed by atoms with Crippen LogP contribution in [0, 0.1) is 0 Å². The van der Waals surface area contributed by atoms with Gasteiger partial charge in [0.15, 0.2) is 0 Å². The van der Waals surface area contributed by atoms with Crippen molar-refractivity contribution in [3.05, 3.63) is 35.4 Å². The number of aryl methyl sites for hydroxylation is 2. The zero-order valence-electron chi connectivity index (χ0n) is 12.3. The van der Waals surface area contributed by atoms with Crippen LogP contribution in [0.15, 0.2) is 24.3 Å². The van der Waals surface area contributed by atoms with Gasteiger partial charge in [-0.3, -0.25) is 4.55 Å². The van der Waals surface area contributed by atoms with Gasteiger partial charge in [0.05, 0.1) is 5.75 Å². The van der Waals surface area contributed by atoms with Crippen molar-refractivity contribution in [1.29, 1.82) is 0 Å². The second-order valence-corrected chi connectivity index (χ2v) is 6.95. The topological polar surface area (TPSA) is 54.4 Å². The fourth-order valence-corrected chi connectivity index (χ4v) is 2.88. The van der Waals surface area contributed by atoms with Crippen LogP contribution in [0.2, 0.25) is 0 Å². The van der Waals surface area contributed by atoms with Crippen molar-refractivity contribution in [3.63, 3.8) is 0 Å². The Hall–Kier alpha value is -0.870. The van der Waals surface area contributed by atoms with Crippen molar-refractivity contribution >= 4 is 10.1 Å². The van der Waals surface area contributed by atoms with Crippen LogP contribution in [0.3, 0.4) is 0 Å². The molecule has 0 heterocycles. The van der Waals surface area contributed by atoms with Gasteiger partial charge in [0, 0.05) is 0 Å². The van der Waals surface area contributed by atoms with Gasteiger partial charge < -0.3 is 0 Å². The molecule has 0 aromatic heterocycles. The highest BCUT2D eigenvalue weighted by Gasteiger charge is 2.03. The molecule has 4 heteroatoms. The van der Waals surface area contributed by atoms with E-state index in [1.807, 2.05) is 0 Å². The summed E-state index contributed by atoms with van der Waals surface area (Å²) < 4.78 is 29.8. The summed E-state index contributed by atoms with van der Waals surface area (Å²) in [6.45, 7) is 2.21. The molecular weight excluding hydrogens is 272 g/mol. The fraction of sp³-hybridized carbons (Fsp3) is 0.625. The lowest BCUT2D eigenvalue weighted by molar-refractivity contribution is 0.479. The van der Waals surface area contributed by atoms with Crippen molar-refractivity contribution in [3.8, 4) is 0 Å². The van der Waals surface area contributed by atoms with E-state index < -0.39 is 10.1 Å². The Morgan fingerprint density at radius 3 is 2.10 bits per heavy atom. The van der Waals surface area contributed by atoms with Gasteiger partial charge in [-0.2, -0.15) is 8.42 Å². The minimum atomic E-state index is -3.79. The highest BCUT2D eigenvalue weighted by Crippen LogP contribution is 2.12. The Bertz CT molecular complexity index is 480. The third-order valence-corrected chi connectivity index (χ3v) is 4.23. The monoisotopic (exact) mass is 298 g/mol. The molecule has 0 amide bonds. The van der Waals surface area contributed by atoms with E-state index >= 15 is 0 Å². The van der Waals surface area contributed by atoms with E-state index in [2.05, 4.69) is 31.2 Å². The predicted octanol–water partition coefficient (Wildman–Crippen LogP) is 4.02. The summed E-state index contributed by atoms with van der Waals surface area (Å²) in [7, 11) is -3.79. The highest BCUT2D eigenvalue weighted by atomic mass is 32.2. The maximum atomic E-state index is 10.6. The first-order valence-corrected chi connectivity index (χ1v) is 9.15. The highest BCUT2D eigenvalue weighted by molar-refractivity contribution is 7.85. The van der Waals surface area contributed by atoms with Gasteiger partial charge in [-0.05, 0) is 43.2 Å². The Balaban J connectivity index is 2.28. The molecule has 0 aliphatic rings. The number of hydrogen-bond acceptors (Lipinski definition) is 2. The van der Waals surface area contributed by atoms with Crippen LogP contribution >= 0.6 is 0 Å². The van der Waals surface area contributed by atoms with Crippen LogP contribution in [0.4, 0.5) is 0 Å². The minimum Gasteiger partial charge on any atom is -0.286 e. The molecule has 1 aromatic carbocycles. The summed E-state index contributed by atoms with van der Waals surface area (Å²) in [6, 6.07) is 8.68. The Kier molecular flexibility index (Phi) is 7.85. The summed E-state index contributed by atoms with van der Waals surface area (Å²) >= 11 is 0. The minimum absolute atomic E-state index is 0.121. The summed E-state index contributed by atoms with van der Waals surface area (Å²) in [5, 5.41) is 0. The maximum absolute atomic E-state index is 10.6. The smallest absolute Gasteiger partial charge is 0.264 e. The third kappa shape index (κ3) is 8.33. The molecule has 0 saturated carbocycles. The van der Waals surface area contributed by atoms with E-state index in [0.717, 1.165) is 25.7 Å². The van der Waals surface area contributed by atoms with E-state index in [1.54, 1.807) is 0 Å². The van der Waals surface area contributed by atoms with E-state index in [4.69, 9.17) is 4.55 Å². The Morgan fingerprint density at radius 2 is 1.55 bits per heavy atom. The lowest BCUT2D eigenvalue weighted by atomic mass is 10.0. The molecule has 1 N–H and O–H groups in total. The zero-order valence-corrected chi connectivity index (χ0v) is 13.2. The number of rotatable bonds is 10. The van der Waals surface area contributed by atoms with Crippen LogP contribution in [0.25, 0.3) is 0 Å². The van der Waals surface area contributed by atoms with Gasteiger partial charge in [-0.15, -0.1) is 0 Å². The van der Waals surface area contributed by atoms with E-state index in [9.17, 15) is 8.42 Å². The predicted molar refractivity (Wildman–Crippen MR) is 83.6 cm³/mol. The molecule has 0 atom stereocenters. The lowest BCUT2D eigenvalue weighted by Gasteiger charge is -2.05. The molecule has 0 fully saturated rings. The largest absolute Gasteiger partial charge is 0.286 e. The van der Waals surface area contributed by atoms with Gasteiger partial charge in [0.2, 0.25) is 0 Å². The normalized spacial score (nSPS) is 11.7. The van der Waals surface area contributed by atoms with Gasteiger partial charge in [0.1, 0.15) is 0 Å².